The second-order valence-electron chi connectivity index (χ2n) is 6.82. The van der Waals surface area contributed by atoms with E-state index in [0.717, 1.165) is 22.6 Å². The maximum absolute atomic E-state index is 12.6. The lowest BCUT2D eigenvalue weighted by Gasteiger charge is -2.35. The summed E-state index contributed by atoms with van der Waals surface area (Å²) in [6.45, 7) is 2.25. The zero-order valence-corrected chi connectivity index (χ0v) is 16.4. The van der Waals surface area contributed by atoms with Gasteiger partial charge in [-0.1, -0.05) is 24.3 Å². The van der Waals surface area contributed by atoms with Gasteiger partial charge in [0.05, 0.1) is 27.1 Å². The van der Waals surface area contributed by atoms with Crippen LogP contribution in [0.3, 0.4) is 0 Å². The van der Waals surface area contributed by atoms with Gasteiger partial charge in [0, 0.05) is 26.2 Å². The number of carbonyl (C=O) groups excluding carboxylic acids is 2. The van der Waals surface area contributed by atoms with E-state index >= 15 is 0 Å². The van der Waals surface area contributed by atoms with Gasteiger partial charge in [-0.3, -0.25) is 9.59 Å². The van der Waals surface area contributed by atoms with Crippen molar-refractivity contribution in [3.8, 4) is 11.5 Å². The summed E-state index contributed by atoms with van der Waals surface area (Å²) in [7, 11) is 3.23. The topological polar surface area (TPSA) is 59.1 Å². The lowest BCUT2D eigenvalue weighted by atomic mass is 10.1. The van der Waals surface area contributed by atoms with E-state index in [4.69, 9.17) is 9.47 Å². The van der Waals surface area contributed by atoms with Crippen molar-refractivity contribution in [1.82, 2.24) is 9.80 Å². The van der Waals surface area contributed by atoms with Crippen LogP contribution in [0.4, 0.5) is 0 Å². The predicted molar refractivity (Wildman–Crippen MR) is 107 cm³/mol. The number of amides is 2. The van der Waals surface area contributed by atoms with Gasteiger partial charge < -0.3 is 19.3 Å². The smallest absolute Gasteiger partial charge is 0.227 e. The van der Waals surface area contributed by atoms with Crippen molar-refractivity contribution < 1.29 is 19.1 Å². The zero-order chi connectivity index (χ0) is 19.9. The molecule has 0 bridgehead atoms. The van der Waals surface area contributed by atoms with Crippen LogP contribution >= 0.6 is 0 Å². The molecule has 1 aliphatic rings. The van der Waals surface area contributed by atoms with Gasteiger partial charge in [0.15, 0.2) is 0 Å². The average molecular weight is 382 g/mol. The van der Waals surface area contributed by atoms with Crippen molar-refractivity contribution >= 4 is 11.8 Å². The molecule has 2 aromatic rings. The molecule has 0 radical (unpaired) electrons. The Morgan fingerprint density at radius 3 is 1.50 bits per heavy atom. The highest BCUT2D eigenvalue weighted by Crippen LogP contribution is 2.16. The Labute approximate surface area is 165 Å². The SMILES string of the molecule is COc1cccc(CC(=O)N2CCN(C(=O)Cc3cccc(OC)c3)CC2)c1. The summed E-state index contributed by atoms with van der Waals surface area (Å²) in [5.74, 6) is 1.65. The second kappa shape index (κ2) is 9.26. The fourth-order valence-corrected chi connectivity index (χ4v) is 3.34. The number of ether oxygens (including phenoxy) is 2. The number of rotatable bonds is 6. The molecule has 1 aliphatic heterocycles. The van der Waals surface area contributed by atoms with E-state index in [1.54, 1.807) is 14.2 Å². The molecule has 1 heterocycles. The second-order valence-corrected chi connectivity index (χ2v) is 6.82. The normalized spacial score (nSPS) is 13.9. The highest BCUT2D eigenvalue weighted by molar-refractivity contribution is 5.81. The van der Waals surface area contributed by atoms with Crippen LogP contribution in [0.25, 0.3) is 0 Å². The van der Waals surface area contributed by atoms with Gasteiger partial charge in [-0.05, 0) is 35.4 Å². The molecule has 0 saturated carbocycles. The van der Waals surface area contributed by atoms with Crippen molar-refractivity contribution in [2.45, 2.75) is 12.8 Å². The largest absolute Gasteiger partial charge is 0.497 e. The minimum atomic E-state index is 0.0770. The molecule has 0 atom stereocenters. The first kappa shape index (κ1) is 19.7. The molecule has 6 heteroatoms. The molecule has 148 valence electrons. The fraction of sp³-hybridized carbons (Fsp3) is 0.364. The predicted octanol–water partition coefficient (Wildman–Crippen LogP) is 2.16. The third-order valence-corrected chi connectivity index (χ3v) is 4.96. The van der Waals surface area contributed by atoms with E-state index < -0.39 is 0 Å². The average Bonchev–Trinajstić information content (AvgIpc) is 2.74. The summed E-state index contributed by atoms with van der Waals surface area (Å²) in [4.78, 5) is 28.8. The minimum Gasteiger partial charge on any atom is -0.497 e. The molecule has 1 saturated heterocycles. The molecule has 28 heavy (non-hydrogen) atoms. The first-order valence-corrected chi connectivity index (χ1v) is 9.40. The standard InChI is InChI=1S/C22H26N2O4/c1-27-19-7-3-5-17(13-19)15-21(25)23-9-11-24(12-10-23)22(26)16-18-6-4-8-20(14-18)28-2/h3-8,13-14H,9-12,15-16H2,1-2H3. The van der Waals surface area contributed by atoms with Crippen molar-refractivity contribution in [3.63, 3.8) is 0 Å². The van der Waals surface area contributed by atoms with Gasteiger partial charge in [-0.2, -0.15) is 0 Å². The molecule has 2 aromatic carbocycles. The number of hydrogen-bond donors (Lipinski definition) is 0. The summed E-state index contributed by atoms with van der Waals surface area (Å²) in [6.07, 6.45) is 0.684. The molecule has 3 rings (SSSR count). The molecule has 0 aromatic heterocycles. The molecule has 2 amide bonds. The molecule has 1 fully saturated rings. The van der Waals surface area contributed by atoms with Crippen LogP contribution in [0.1, 0.15) is 11.1 Å². The number of piperazine rings is 1. The number of nitrogens with zero attached hydrogens (tertiary/aromatic N) is 2. The van der Waals surface area contributed by atoms with Gasteiger partial charge >= 0.3 is 0 Å². The first-order chi connectivity index (χ1) is 13.6. The third-order valence-electron chi connectivity index (χ3n) is 4.96. The number of methoxy groups -OCH3 is 2. The number of carbonyl (C=O) groups is 2. The zero-order valence-electron chi connectivity index (χ0n) is 16.4. The summed E-state index contributed by atoms with van der Waals surface area (Å²) in [5, 5.41) is 0. The van der Waals surface area contributed by atoms with Crippen molar-refractivity contribution in [2.75, 3.05) is 40.4 Å². The van der Waals surface area contributed by atoms with E-state index in [2.05, 4.69) is 0 Å². The number of hydrogen-bond acceptors (Lipinski definition) is 4. The van der Waals surface area contributed by atoms with Crippen molar-refractivity contribution in [1.29, 1.82) is 0 Å². The summed E-state index contributed by atoms with van der Waals surface area (Å²) in [6, 6.07) is 15.1. The van der Waals surface area contributed by atoms with Crippen LogP contribution in [0.5, 0.6) is 11.5 Å². The Morgan fingerprint density at radius 2 is 1.14 bits per heavy atom. The lowest BCUT2D eigenvalue weighted by Crippen LogP contribution is -2.51. The van der Waals surface area contributed by atoms with Crippen LogP contribution in [0.15, 0.2) is 48.5 Å². The lowest BCUT2D eigenvalue weighted by molar-refractivity contribution is -0.138. The molecule has 0 spiro atoms. The molecular formula is C22H26N2O4. The van der Waals surface area contributed by atoms with E-state index in [0.29, 0.717) is 39.0 Å². The monoisotopic (exact) mass is 382 g/mol. The van der Waals surface area contributed by atoms with E-state index in [-0.39, 0.29) is 11.8 Å². The number of benzene rings is 2. The maximum atomic E-state index is 12.6. The third kappa shape index (κ3) is 5.03. The molecule has 6 nitrogen and oxygen atoms in total. The van der Waals surface area contributed by atoms with Crippen LogP contribution in [-0.4, -0.2) is 62.0 Å². The van der Waals surface area contributed by atoms with E-state index in [1.165, 1.54) is 0 Å². The Kier molecular flexibility index (Phi) is 6.53. The van der Waals surface area contributed by atoms with Crippen LogP contribution in [0, 0.1) is 0 Å². The van der Waals surface area contributed by atoms with Gasteiger partial charge in [-0.15, -0.1) is 0 Å². The van der Waals surface area contributed by atoms with Crippen molar-refractivity contribution in [3.05, 3.63) is 59.7 Å². The van der Waals surface area contributed by atoms with Crippen LogP contribution in [0.2, 0.25) is 0 Å². The first-order valence-electron chi connectivity index (χ1n) is 9.40. The quantitative estimate of drug-likeness (QED) is 0.768. The highest BCUT2D eigenvalue weighted by Gasteiger charge is 2.24. The van der Waals surface area contributed by atoms with E-state index in [9.17, 15) is 9.59 Å². The molecule has 0 N–H and O–H groups in total. The highest BCUT2D eigenvalue weighted by atomic mass is 16.5. The van der Waals surface area contributed by atoms with Gasteiger partial charge in [0.25, 0.3) is 0 Å². The minimum absolute atomic E-state index is 0.0770. The Morgan fingerprint density at radius 1 is 0.750 bits per heavy atom. The molecule has 0 unspecified atom stereocenters. The van der Waals surface area contributed by atoms with Crippen LogP contribution < -0.4 is 9.47 Å². The Bertz CT molecular complexity index is 759. The van der Waals surface area contributed by atoms with E-state index in [1.807, 2.05) is 58.3 Å². The Balaban J connectivity index is 1.50. The molecular weight excluding hydrogens is 356 g/mol. The van der Waals surface area contributed by atoms with Crippen molar-refractivity contribution in [2.24, 2.45) is 0 Å². The van der Waals surface area contributed by atoms with Crippen LogP contribution in [-0.2, 0) is 22.4 Å². The summed E-state index contributed by atoms with van der Waals surface area (Å²) >= 11 is 0. The maximum Gasteiger partial charge on any atom is 0.227 e. The van der Waals surface area contributed by atoms with Gasteiger partial charge in [0.2, 0.25) is 11.8 Å². The molecule has 0 aliphatic carbocycles. The summed E-state index contributed by atoms with van der Waals surface area (Å²) < 4.78 is 10.4. The van der Waals surface area contributed by atoms with Gasteiger partial charge in [-0.25, -0.2) is 0 Å². The summed E-state index contributed by atoms with van der Waals surface area (Å²) in [5.41, 5.74) is 1.86. The van der Waals surface area contributed by atoms with Gasteiger partial charge in [0.1, 0.15) is 11.5 Å². The fourth-order valence-electron chi connectivity index (χ4n) is 3.34. The Hall–Kier alpha value is -3.02.